The highest BCUT2D eigenvalue weighted by Gasteiger charge is 2.23. The second-order valence-electron chi connectivity index (χ2n) is 7.37. The fourth-order valence-corrected chi connectivity index (χ4v) is 3.98. The number of fused-ring (bicyclic) bond motifs is 1. The van der Waals surface area contributed by atoms with Crippen LogP contribution in [0.1, 0.15) is 45.8 Å². The number of primary amides is 1. The average molecular weight is 387 g/mol. The van der Waals surface area contributed by atoms with E-state index >= 15 is 0 Å². The van der Waals surface area contributed by atoms with Crippen molar-refractivity contribution in [3.05, 3.63) is 89.2 Å². The number of benzene rings is 2. The van der Waals surface area contributed by atoms with Gasteiger partial charge in [-0.15, -0.1) is 0 Å². The summed E-state index contributed by atoms with van der Waals surface area (Å²) in [4.78, 5) is 15.7. The Morgan fingerprint density at radius 2 is 1.97 bits per heavy atom. The minimum Gasteiger partial charge on any atom is -0.456 e. The molecule has 1 heterocycles. The fourth-order valence-electron chi connectivity index (χ4n) is 3.98. The van der Waals surface area contributed by atoms with Gasteiger partial charge >= 0.3 is 0 Å². The molecule has 1 aliphatic rings. The Morgan fingerprint density at radius 1 is 1.10 bits per heavy atom. The lowest BCUT2D eigenvalue weighted by Gasteiger charge is -2.27. The molecule has 1 aromatic heterocycles. The zero-order valence-electron chi connectivity index (χ0n) is 16.3. The third kappa shape index (κ3) is 4.46. The second kappa shape index (κ2) is 8.88. The summed E-state index contributed by atoms with van der Waals surface area (Å²) in [6, 6.07) is 18.3. The van der Waals surface area contributed by atoms with Crippen molar-refractivity contribution in [3.63, 3.8) is 0 Å². The van der Waals surface area contributed by atoms with Crippen LogP contribution < -0.4 is 15.8 Å². The van der Waals surface area contributed by atoms with Crippen molar-refractivity contribution in [2.45, 2.75) is 31.7 Å². The van der Waals surface area contributed by atoms with Crippen LogP contribution in [-0.2, 0) is 13.0 Å². The molecule has 0 aliphatic heterocycles. The van der Waals surface area contributed by atoms with Gasteiger partial charge in [-0.05, 0) is 54.0 Å². The molecule has 2 aromatic carbocycles. The normalized spacial score (nSPS) is 15.5. The second-order valence-corrected chi connectivity index (χ2v) is 7.37. The number of ether oxygens (including phenoxy) is 1. The smallest absolute Gasteiger partial charge is 0.254 e. The van der Waals surface area contributed by atoms with Crippen LogP contribution in [0.25, 0.3) is 0 Å². The topological polar surface area (TPSA) is 77.2 Å². The van der Waals surface area contributed by atoms with Crippen molar-refractivity contribution in [3.8, 4) is 11.5 Å². The first-order valence-corrected chi connectivity index (χ1v) is 10.0. The van der Waals surface area contributed by atoms with Gasteiger partial charge in [-0.25, -0.2) is 0 Å². The van der Waals surface area contributed by atoms with Crippen LogP contribution >= 0.6 is 0 Å². The van der Waals surface area contributed by atoms with Crippen LogP contribution in [0.3, 0.4) is 0 Å². The van der Waals surface area contributed by atoms with E-state index in [1.54, 1.807) is 12.3 Å². The Bertz CT molecular complexity index is 988. The van der Waals surface area contributed by atoms with Crippen molar-refractivity contribution in [2.24, 2.45) is 5.73 Å². The highest BCUT2D eigenvalue weighted by molar-refractivity contribution is 5.95. The van der Waals surface area contributed by atoms with E-state index in [0.29, 0.717) is 17.2 Å². The summed E-state index contributed by atoms with van der Waals surface area (Å²) in [6.07, 6.45) is 6.29. The van der Waals surface area contributed by atoms with E-state index < -0.39 is 5.91 Å². The van der Waals surface area contributed by atoms with E-state index in [9.17, 15) is 4.79 Å². The lowest BCUT2D eigenvalue weighted by atomic mass is 9.82. The van der Waals surface area contributed by atoms with E-state index in [-0.39, 0.29) is 0 Å². The molecular weight excluding hydrogens is 362 g/mol. The summed E-state index contributed by atoms with van der Waals surface area (Å²) >= 11 is 0. The Hall–Kier alpha value is -3.18. The molecule has 3 aromatic rings. The summed E-state index contributed by atoms with van der Waals surface area (Å²) in [5, 5.41) is 3.60. The summed E-state index contributed by atoms with van der Waals surface area (Å²) in [7, 11) is 0. The average Bonchev–Trinajstić information content (AvgIpc) is 2.75. The van der Waals surface area contributed by atoms with Crippen LogP contribution in [0.5, 0.6) is 11.5 Å². The molecule has 3 N–H and O–H groups in total. The quantitative estimate of drug-likeness (QED) is 0.637. The van der Waals surface area contributed by atoms with Crippen LogP contribution in [0, 0.1) is 0 Å². The maximum absolute atomic E-state index is 11.7. The molecule has 5 heteroatoms. The van der Waals surface area contributed by atoms with Gasteiger partial charge < -0.3 is 15.8 Å². The minimum absolute atomic E-state index is 0.294. The number of aromatic nitrogens is 1. The monoisotopic (exact) mass is 387 g/mol. The van der Waals surface area contributed by atoms with Crippen molar-refractivity contribution in [1.82, 2.24) is 10.3 Å². The number of amides is 1. The number of hydrogen-bond donors (Lipinski definition) is 2. The lowest BCUT2D eigenvalue weighted by Crippen LogP contribution is -2.24. The molecule has 0 radical (unpaired) electrons. The third-order valence-electron chi connectivity index (χ3n) is 5.42. The Labute approximate surface area is 170 Å². The van der Waals surface area contributed by atoms with E-state index in [1.165, 1.54) is 22.9 Å². The number of rotatable bonds is 7. The van der Waals surface area contributed by atoms with E-state index in [4.69, 9.17) is 10.5 Å². The van der Waals surface area contributed by atoms with Gasteiger partial charge in [0, 0.05) is 25.5 Å². The van der Waals surface area contributed by atoms with E-state index in [0.717, 1.165) is 38.1 Å². The molecule has 0 bridgehead atoms. The van der Waals surface area contributed by atoms with Gasteiger partial charge in [0.2, 0.25) is 0 Å². The summed E-state index contributed by atoms with van der Waals surface area (Å²) < 4.78 is 6.13. The van der Waals surface area contributed by atoms with Gasteiger partial charge in [-0.2, -0.15) is 0 Å². The SMILES string of the molecule is NC(=O)c1cnccc1Oc1cccc2c1CCCC2CNCc1ccccc1. The van der Waals surface area contributed by atoms with Gasteiger partial charge in [0.15, 0.2) is 0 Å². The summed E-state index contributed by atoms with van der Waals surface area (Å²) in [5.41, 5.74) is 9.59. The number of pyridine rings is 1. The van der Waals surface area contributed by atoms with Gasteiger partial charge in [0.25, 0.3) is 5.91 Å². The molecule has 4 rings (SSSR count). The van der Waals surface area contributed by atoms with Crippen molar-refractivity contribution < 1.29 is 9.53 Å². The van der Waals surface area contributed by atoms with Crippen LogP contribution in [0.2, 0.25) is 0 Å². The molecule has 5 nitrogen and oxygen atoms in total. The number of carbonyl (C=O) groups is 1. The maximum Gasteiger partial charge on any atom is 0.254 e. The van der Waals surface area contributed by atoms with Crippen LogP contribution in [-0.4, -0.2) is 17.4 Å². The fraction of sp³-hybridized carbons (Fsp3) is 0.250. The maximum atomic E-state index is 11.7. The molecule has 148 valence electrons. The standard InChI is InChI=1S/C24H25N3O2/c25-24(28)21-16-26-13-12-23(21)29-22-11-5-9-19-18(8-4-10-20(19)22)15-27-14-17-6-2-1-3-7-17/h1-3,5-7,9,11-13,16,18,27H,4,8,10,14-15H2,(H2,25,28). The van der Waals surface area contributed by atoms with Gasteiger partial charge in [0.05, 0.1) is 0 Å². The van der Waals surface area contributed by atoms with Crippen molar-refractivity contribution in [2.75, 3.05) is 6.54 Å². The Morgan fingerprint density at radius 3 is 2.79 bits per heavy atom. The van der Waals surface area contributed by atoms with E-state index in [1.807, 2.05) is 18.2 Å². The number of nitrogens with zero attached hydrogens (tertiary/aromatic N) is 1. The van der Waals surface area contributed by atoms with Crippen LogP contribution in [0.4, 0.5) is 0 Å². The van der Waals surface area contributed by atoms with E-state index in [2.05, 4.69) is 40.6 Å². The lowest BCUT2D eigenvalue weighted by molar-refractivity contribution is 0.0997. The first-order valence-electron chi connectivity index (χ1n) is 10.0. The molecule has 0 fully saturated rings. The first kappa shape index (κ1) is 19.2. The molecule has 1 aliphatic carbocycles. The first-order chi connectivity index (χ1) is 14.2. The molecule has 0 spiro atoms. The molecule has 1 atom stereocenters. The van der Waals surface area contributed by atoms with Crippen LogP contribution in [0.15, 0.2) is 67.0 Å². The Kier molecular flexibility index (Phi) is 5.86. The van der Waals surface area contributed by atoms with Gasteiger partial charge in [0.1, 0.15) is 17.1 Å². The van der Waals surface area contributed by atoms with Crippen molar-refractivity contribution in [1.29, 1.82) is 0 Å². The zero-order valence-corrected chi connectivity index (χ0v) is 16.3. The third-order valence-corrected chi connectivity index (χ3v) is 5.42. The summed E-state index contributed by atoms with van der Waals surface area (Å²) in [6.45, 7) is 1.79. The van der Waals surface area contributed by atoms with Gasteiger partial charge in [-0.1, -0.05) is 42.5 Å². The number of nitrogens with one attached hydrogen (secondary N) is 1. The predicted molar refractivity (Wildman–Crippen MR) is 113 cm³/mol. The van der Waals surface area contributed by atoms with Crippen molar-refractivity contribution >= 4 is 5.91 Å². The zero-order chi connectivity index (χ0) is 20.1. The highest BCUT2D eigenvalue weighted by Crippen LogP contribution is 2.38. The minimum atomic E-state index is -0.541. The molecule has 29 heavy (non-hydrogen) atoms. The molecule has 0 saturated heterocycles. The summed E-state index contributed by atoms with van der Waals surface area (Å²) in [5.74, 6) is 1.15. The van der Waals surface area contributed by atoms with Gasteiger partial charge in [-0.3, -0.25) is 9.78 Å². The highest BCUT2D eigenvalue weighted by atomic mass is 16.5. The predicted octanol–water partition coefficient (Wildman–Crippen LogP) is 4.18. The molecule has 1 unspecified atom stereocenters. The number of nitrogens with two attached hydrogens (primary N) is 1. The molecular formula is C24H25N3O2. The number of carbonyl (C=O) groups excluding carboxylic acids is 1. The largest absolute Gasteiger partial charge is 0.456 e. The Balaban J connectivity index is 1.51. The molecule has 0 saturated carbocycles. The number of hydrogen-bond acceptors (Lipinski definition) is 4. The molecule has 1 amide bonds.